The van der Waals surface area contributed by atoms with Gasteiger partial charge >= 0.3 is 5.97 Å². The zero-order chi connectivity index (χ0) is 21.3. The highest BCUT2D eigenvalue weighted by molar-refractivity contribution is 7.92. The van der Waals surface area contributed by atoms with Crippen molar-refractivity contribution in [3.05, 3.63) is 58.7 Å². The lowest BCUT2D eigenvalue weighted by molar-refractivity contribution is 0.0471. The molecule has 0 unspecified atom stereocenters. The summed E-state index contributed by atoms with van der Waals surface area (Å²) >= 11 is 0. The molecule has 8 heteroatoms. The number of carbonyl (C=O) groups excluding carboxylic acids is 2. The van der Waals surface area contributed by atoms with Crippen molar-refractivity contribution in [2.45, 2.75) is 26.3 Å². The summed E-state index contributed by atoms with van der Waals surface area (Å²) in [7, 11) is -1.94. The first-order chi connectivity index (χ1) is 13.6. The zero-order valence-electron chi connectivity index (χ0n) is 16.8. The molecule has 2 aromatic rings. The van der Waals surface area contributed by atoms with E-state index in [1.807, 2.05) is 19.9 Å². The van der Waals surface area contributed by atoms with Crippen LogP contribution in [-0.2, 0) is 21.2 Å². The maximum absolute atomic E-state index is 12.5. The summed E-state index contributed by atoms with van der Waals surface area (Å²) in [5.74, 6) is -0.629. The van der Waals surface area contributed by atoms with E-state index < -0.39 is 22.6 Å². The van der Waals surface area contributed by atoms with Gasteiger partial charge in [0.15, 0.2) is 12.4 Å². The van der Waals surface area contributed by atoms with E-state index in [9.17, 15) is 18.0 Å². The monoisotopic (exact) mass is 417 g/mol. The second kappa shape index (κ2) is 7.87. The lowest BCUT2D eigenvalue weighted by Gasteiger charge is -2.21. The van der Waals surface area contributed by atoms with Crippen molar-refractivity contribution >= 4 is 27.5 Å². The number of methoxy groups -OCH3 is 1. The van der Waals surface area contributed by atoms with Gasteiger partial charge in [-0.15, -0.1) is 0 Å². The standard InChI is InChI=1S/C21H23NO6S/c1-13-5-8-20(27-3)17(9-13)21(24)28-12-19(23)15-6-7-18-16(11-15)10-14(2)22(18)29(4,25)26/h5-9,11,14H,10,12H2,1-4H3/t14-/m1/s1. The predicted molar refractivity (Wildman–Crippen MR) is 109 cm³/mol. The van der Waals surface area contributed by atoms with Gasteiger partial charge in [0, 0.05) is 11.6 Å². The Morgan fingerprint density at radius 3 is 2.55 bits per heavy atom. The average molecular weight is 417 g/mol. The molecule has 0 fully saturated rings. The van der Waals surface area contributed by atoms with Crippen LogP contribution in [0.1, 0.15) is 38.8 Å². The number of ketones is 1. The van der Waals surface area contributed by atoms with Gasteiger partial charge in [-0.2, -0.15) is 0 Å². The molecule has 0 N–H and O–H groups in total. The largest absolute Gasteiger partial charge is 0.496 e. The minimum Gasteiger partial charge on any atom is -0.496 e. The number of sulfonamides is 1. The Balaban J connectivity index is 1.74. The Hall–Kier alpha value is -2.87. The number of nitrogens with zero attached hydrogens (tertiary/aromatic N) is 1. The molecule has 0 amide bonds. The highest BCUT2D eigenvalue weighted by Gasteiger charge is 2.32. The Morgan fingerprint density at radius 1 is 1.17 bits per heavy atom. The normalized spacial score (nSPS) is 15.7. The van der Waals surface area contributed by atoms with Gasteiger partial charge in [0.25, 0.3) is 0 Å². The molecule has 0 aromatic heterocycles. The topological polar surface area (TPSA) is 90.0 Å². The molecule has 29 heavy (non-hydrogen) atoms. The Kier molecular flexibility index (Phi) is 5.66. The molecular weight excluding hydrogens is 394 g/mol. The maximum atomic E-state index is 12.5. The molecule has 1 atom stereocenters. The number of carbonyl (C=O) groups is 2. The van der Waals surface area contributed by atoms with Gasteiger partial charge in [-0.25, -0.2) is 13.2 Å². The van der Waals surface area contributed by atoms with Gasteiger partial charge in [0.2, 0.25) is 10.0 Å². The number of benzene rings is 2. The van der Waals surface area contributed by atoms with Crippen LogP contribution in [0.2, 0.25) is 0 Å². The lowest BCUT2D eigenvalue weighted by atomic mass is 10.0. The van der Waals surface area contributed by atoms with Crippen molar-refractivity contribution in [3.63, 3.8) is 0 Å². The first-order valence-electron chi connectivity index (χ1n) is 9.09. The van der Waals surface area contributed by atoms with Gasteiger partial charge in [-0.3, -0.25) is 9.10 Å². The number of ether oxygens (including phenoxy) is 2. The molecule has 3 rings (SSSR count). The molecule has 0 saturated heterocycles. The summed E-state index contributed by atoms with van der Waals surface area (Å²) in [5.41, 5.74) is 2.85. The third-order valence-electron chi connectivity index (χ3n) is 4.82. The maximum Gasteiger partial charge on any atom is 0.342 e. The van der Waals surface area contributed by atoms with Gasteiger partial charge in [0.1, 0.15) is 11.3 Å². The van der Waals surface area contributed by atoms with Crippen LogP contribution in [0.5, 0.6) is 5.75 Å². The molecule has 154 valence electrons. The minimum absolute atomic E-state index is 0.211. The number of Topliss-reactive ketones (excluding diaryl/α,β-unsaturated/α-hetero) is 1. The molecule has 0 aliphatic carbocycles. The number of hydrogen-bond acceptors (Lipinski definition) is 6. The number of aryl methyl sites for hydroxylation is 1. The van der Waals surface area contributed by atoms with Gasteiger partial charge < -0.3 is 9.47 Å². The van der Waals surface area contributed by atoms with Gasteiger partial charge in [-0.05, 0) is 56.2 Å². The highest BCUT2D eigenvalue weighted by atomic mass is 32.2. The van der Waals surface area contributed by atoms with E-state index in [1.165, 1.54) is 11.4 Å². The summed E-state index contributed by atoms with van der Waals surface area (Å²) < 4.78 is 35.7. The molecule has 1 aliphatic rings. The summed E-state index contributed by atoms with van der Waals surface area (Å²) in [6.45, 7) is 3.24. The van der Waals surface area contributed by atoms with Crippen molar-refractivity contribution in [1.82, 2.24) is 0 Å². The first kappa shape index (κ1) is 20.9. The number of rotatable bonds is 6. The van der Waals surface area contributed by atoms with E-state index in [1.54, 1.807) is 30.3 Å². The fourth-order valence-corrected chi connectivity index (χ4v) is 4.82. The fraction of sp³-hybridized carbons (Fsp3) is 0.333. The summed E-state index contributed by atoms with van der Waals surface area (Å²) in [5, 5.41) is 0. The summed E-state index contributed by atoms with van der Waals surface area (Å²) in [6.07, 6.45) is 1.68. The fourth-order valence-electron chi connectivity index (χ4n) is 3.56. The SMILES string of the molecule is COc1ccc(C)cc1C(=O)OCC(=O)c1ccc2c(c1)C[C@@H](C)N2S(C)(=O)=O. The summed E-state index contributed by atoms with van der Waals surface area (Å²) in [6, 6.07) is 9.76. The third kappa shape index (κ3) is 4.27. The van der Waals surface area contributed by atoms with Crippen molar-refractivity contribution in [2.75, 3.05) is 24.3 Å². The van der Waals surface area contributed by atoms with Gasteiger partial charge in [0.05, 0.1) is 19.1 Å². The van der Waals surface area contributed by atoms with E-state index in [0.717, 1.165) is 17.4 Å². The Bertz CT molecular complexity index is 1080. The molecular formula is C21H23NO6S. The third-order valence-corrected chi connectivity index (χ3v) is 6.09. The number of fused-ring (bicyclic) bond motifs is 1. The highest BCUT2D eigenvalue weighted by Crippen LogP contribution is 2.34. The Labute approximate surface area is 170 Å². The van der Waals surface area contributed by atoms with Crippen LogP contribution in [0.4, 0.5) is 5.69 Å². The van der Waals surface area contributed by atoms with Gasteiger partial charge in [-0.1, -0.05) is 11.6 Å². The van der Waals surface area contributed by atoms with Crippen LogP contribution in [0.25, 0.3) is 0 Å². The van der Waals surface area contributed by atoms with Crippen LogP contribution in [-0.4, -0.2) is 46.2 Å². The van der Waals surface area contributed by atoms with E-state index in [0.29, 0.717) is 23.4 Å². The van der Waals surface area contributed by atoms with Crippen molar-refractivity contribution in [2.24, 2.45) is 0 Å². The minimum atomic E-state index is -3.39. The predicted octanol–water partition coefficient (Wildman–Crippen LogP) is 2.75. The van der Waals surface area contributed by atoms with Crippen molar-refractivity contribution in [3.8, 4) is 5.75 Å². The second-order valence-electron chi connectivity index (χ2n) is 7.16. The number of anilines is 1. The molecule has 0 saturated carbocycles. The van der Waals surface area contributed by atoms with E-state index in [4.69, 9.17) is 9.47 Å². The van der Waals surface area contributed by atoms with E-state index in [2.05, 4.69) is 0 Å². The lowest BCUT2D eigenvalue weighted by Crippen LogP contribution is -2.34. The molecule has 0 bridgehead atoms. The average Bonchev–Trinajstić information content (AvgIpc) is 3.00. The zero-order valence-corrected chi connectivity index (χ0v) is 17.6. The van der Waals surface area contributed by atoms with Crippen LogP contribution in [0.15, 0.2) is 36.4 Å². The molecule has 7 nitrogen and oxygen atoms in total. The molecule has 1 heterocycles. The number of esters is 1. The molecule has 0 spiro atoms. The van der Waals surface area contributed by atoms with Crippen LogP contribution in [0, 0.1) is 6.92 Å². The molecule has 1 aliphatic heterocycles. The second-order valence-corrected chi connectivity index (χ2v) is 9.02. The van der Waals surface area contributed by atoms with Crippen LogP contribution in [0.3, 0.4) is 0 Å². The molecule has 0 radical (unpaired) electrons. The van der Waals surface area contributed by atoms with E-state index in [-0.39, 0.29) is 17.4 Å². The smallest absolute Gasteiger partial charge is 0.342 e. The van der Waals surface area contributed by atoms with Crippen molar-refractivity contribution < 1.29 is 27.5 Å². The van der Waals surface area contributed by atoms with E-state index >= 15 is 0 Å². The Morgan fingerprint density at radius 2 is 1.90 bits per heavy atom. The summed E-state index contributed by atoms with van der Waals surface area (Å²) in [4.78, 5) is 24.9. The molecule has 2 aromatic carbocycles. The first-order valence-corrected chi connectivity index (χ1v) is 10.9. The number of hydrogen-bond donors (Lipinski definition) is 0. The van der Waals surface area contributed by atoms with Crippen LogP contribution >= 0.6 is 0 Å². The van der Waals surface area contributed by atoms with Crippen LogP contribution < -0.4 is 9.04 Å². The van der Waals surface area contributed by atoms with Crippen molar-refractivity contribution in [1.29, 1.82) is 0 Å². The quantitative estimate of drug-likeness (QED) is 0.530.